The van der Waals surface area contributed by atoms with Crippen LogP contribution in [-0.4, -0.2) is 37.0 Å². The standard InChI is InChI=1S/C13H22N2O/c1-2-5-12(16)15-9-4-7-13(11-15)6-3-8-14-10-13/h2,5,14H,3-4,6-11H2,1H3/b5-2+. The van der Waals surface area contributed by atoms with E-state index in [-0.39, 0.29) is 5.91 Å². The predicted molar refractivity (Wildman–Crippen MR) is 65.2 cm³/mol. The van der Waals surface area contributed by atoms with Crippen molar-refractivity contribution in [2.45, 2.75) is 32.6 Å². The maximum atomic E-state index is 11.8. The maximum absolute atomic E-state index is 11.8. The van der Waals surface area contributed by atoms with E-state index in [1.807, 2.05) is 17.9 Å². The highest BCUT2D eigenvalue weighted by Gasteiger charge is 2.37. The Morgan fingerprint density at radius 2 is 2.19 bits per heavy atom. The van der Waals surface area contributed by atoms with Crippen LogP contribution in [0.3, 0.4) is 0 Å². The molecule has 2 heterocycles. The Morgan fingerprint density at radius 1 is 1.38 bits per heavy atom. The summed E-state index contributed by atoms with van der Waals surface area (Å²) in [6, 6.07) is 0. The lowest BCUT2D eigenvalue weighted by atomic mass is 9.74. The summed E-state index contributed by atoms with van der Waals surface area (Å²) >= 11 is 0. The Hall–Kier alpha value is -0.830. The molecule has 0 saturated carbocycles. The zero-order valence-electron chi connectivity index (χ0n) is 10.2. The fraction of sp³-hybridized carbons (Fsp3) is 0.769. The van der Waals surface area contributed by atoms with Gasteiger partial charge in [-0.2, -0.15) is 0 Å². The summed E-state index contributed by atoms with van der Waals surface area (Å²) in [6.45, 7) is 6.02. The first kappa shape index (κ1) is 11.6. The molecule has 0 radical (unpaired) electrons. The van der Waals surface area contributed by atoms with Gasteiger partial charge in [-0.3, -0.25) is 4.79 Å². The molecule has 1 atom stereocenters. The van der Waals surface area contributed by atoms with Crippen molar-refractivity contribution in [3.8, 4) is 0 Å². The van der Waals surface area contributed by atoms with Gasteiger partial charge < -0.3 is 10.2 Å². The van der Waals surface area contributed by atoms with Crippen LogP contribution < -0.4 is 5.32 Å². The summed E-state index contributed by atoms with van der Waals surface area (Å²) in [6.07, 6.45) is 8.49. The molecule has 0 aromatic rings. The predicted octanol–water partition coefficient (Wildman–Crippen LogP) is 1.55. The van der Waals surface area contributed by atoms with E-state index in [2.05, 4.69) is 5.32 Å². The number of carbonyl (C=O) groups is 1. The van der Waals surface area contributed by atoms with E-state index in [1.165, 1.54) is 19.3 Å². The molecule has 16 heavy (non-hydrogen) atoms. The van der Waals surface area contributed by atoms with Crippen LogP contribution in [-0.2, 0) is 4.79 Å². The molecule has 0 bridgehead atoms. The zero-order chi connectivity index (χ0) is 11.4. The van der Waals surface area contributed by atoms with E-state index >= 15 is 0 Å². The lowest BCUT2D eigenvalue weighted by molar-refractivity contribution is -0.129. The van der Waals surface area contributed by atoms with Gasteiger partial charge in [0.2, 0.25) is 5.91 Å². The number of hydrogen-bond donors (Lipinski definition) is 1. The van der Waals surface area contributed by atoms with E-state index in [0.29, 0.717) is 5.41 Å². The quantitative estimate of drug-likeness (QED) is 0.683. The maximum Gasteiger partial charge on any atom is 0.246 e. The molecule has 2 saturated heterocycles. The Morgan fingerprint density at radius 3 is 2.88 bits per heavy atom. The number of nitrogens with zero attached hydrogens (tertiary/aromatic N) is 1. The van der Waals surface area contributed by atoms with Gasteiger partial charge in [0.05, 0.1) is 0 Å². The van der Waals surface area contributed by atoms with Crippen LogP contribution in [0.2, 0.25) is 0 Å². The number of nitrogens with one attached hydrogen (secondary N) is 1. The van der Waals surface area contributed by atoms with Crippen LogP contribution in [0.4, 0.5) is 0 Å². The molecular weight excluding hydrogens is 200 g/mol. The molecule has 0 aliphatic carbocycles. The highest BCUT2D eigenvalue weighted by molar-refractivity contribution is 5.87. The zero-order valence-corrected chi connectivity index (χ0v) is 10.2. The summed E-state index contributed by atoms with van der Waals surface area (Å²) in [7, 11) is 0. The minimum atomic E-state index is 0.187. The molecule has 1 unspecified atom stereocenters. The van der Waals surface area contributed by atoms with E-state index in [0.717, 1.165) is 32.6 Å². The van der Waals surface area contributed by atoms with Gasteiger partial charge in [-0.1, -0.05) is 6.08 Å². The van der Waals surface area contributed by atoms with Crippen molar-refractivity contribution in [3.05, 3.63) is 12.2 Å². The van der Waals surface area contributed by atoms with Gasteiger partial charge in [0, 0.05) is 25.0 Å². The van der Waals surface area contributed by atoms with Gasteiger partial charge in [0.25, 0.3) is 0 Å². The smallest absolute Gasteiger partial charge is 0.246 e. The van der Waals surface area contributed by atoms with Crippen LogP contribution in [0.15, 0.2) is 12.2 Å². The van der Waals surface area contributed by atoms with E-state index in [9.17, 15) is 4.79 Å². The molecule has 2 fully saturated rings. The summed E-state index contributed by atoms with van der Waals surface area (Å²) in [5.74, 6) is 0.187. The van der Waals surface area contributed by atoms with Crippen LogP contribution in [0.25, 0.3) is 0 Å². The first-order valence-corrected chi connectivity index (χ1v) is 6.38. The van der Waals surface area contributed by atoms with Crippen LogP contribution in [0.5, 0.6) is 0 Å². The van der Waals surface area contributed by atoms with Gasteiger partial charge in [-0.25, -0.2) is 0 Å². The van der Waals surface area contributed by atoms with E-state index in [4.69, 9.17) is 0 Å². The molecule has 1 N–H and O–H groups in total. The molecule has 3 heteroatoms. The number of piperidine rings is 2. The number of rotatable bonds is 1. The monoisotopic (exact) mass is 222 g/mol. The fourth-order valence-electron chi connectivity index (χ4n) is 3.02. The molecule has 2 aliphatic heterocycles. The normalized spacial score (nSPS) is 31.2. The van der Waals surface area contributed by atoms with Gasteiger partial charge in [0.15, 0.2) is 0 Å². The summed E-state index contributed by atoms with van der Waals surface area (Å²) in [5.41, 5.74) is 0.369. The van der Waals surface area contributed by atoms with Crippen molar-refractivity contribution < 1.29 is 4.79 Å². The Balaban J connectivity index is 2.00. The van der Waals surface area contributed by atoms with Gasteiger partial charge in [-0.05, 0) is 45.2 Å². The van der Waals surface area contributed by atoms with Gasteiger partial charge in [-0.15, -0.1) is 0 Å². The topological polar surface area (TPSA) is 32.3 Å². The molecule has 2 rings (SSSR count). The average molecular weight is 222 g/mol. The molecule has 90 valence electrons. The fourth-order valence-corrected chi connectivity index (χ4v) is 3.02. The minimum Gasteiger partial charge on any atom is -0.339 e. The van der Waals surface area contributed by atoms with Crippen LogP contribution >= 0.6 is 0 Å². The van der Waals surface area contributed by atoms with Crippen molar-refractivity contribution in [3.63, 3.8) is 0 Å². The lowest BCUT2D eigenvalue weighted by Crippen LogP contribution is -2.52. The molecule has 0 aromatic heterocycles. The second kappa shape index (κ2) is 5.00. The average Bonchev–Trinajstić information content (AvgIpc) is 2.30. The largest absolute Gasteiger partial charge is 0.339 e. The van der Waals surface area contributed by atoms with Crippen molar-refractivity contribution in [2.24, 2.45) is 5.41 Å². The van der Waals surface area contributed by atoms with E-state index in [1.54, 1.807) is 6.08 Å². The number of amides is 1. The second-order valence-corrected chi connectivity index (χ2v) is 5.14. The third kappa shape index (κ3) is 2.46. The molecule has 1 amide bonds. The first-order chi connectivity index (χ1) is 7.76. The highest BCUT2D eigenvalue weighted by Crippen LogP contribution is 2.35. The number of hydrogen-bond acceptors (Lipinski definition) is 2. The Bertz CT molecular complexity index is 274. The molecular formula is C13H22N2O. The second-order valence-electron chi connectivity index (χ2n) is 5.14. The van der Waals surface area contributed by atoms with E-state index < -0.39 is 0 Å². The molecule has 0 aromatic carbocycles. The van der Waals surface area contributed by atoms with Crippen molar-refractivity contribution in [1.82, 2.24) is 10.2 Å². The molecule has 1 spiro atoms. The summed E-state index contributed by atoms with van der Waals surface area (Å²) < 4.78 is 0. The number of allylic oxidation sites excluding steroid dienone is 1. The molecule has 2 aliphatic rings. The minimum absolute atomic E-state index is 0.187. The Labute approximate surface area is 97.9 Å². The highest BCUT2D eigenvalue weighted by atomic mass is 16.2. The van der Waals surface area contributed by atoms with Crippen LogP contribution in [0, 0.1) is 5.41 Å². The summed E-state index contributed by atoms with van der Waals surface area (Å²) in [5, 5.41) is 3.48. The first-order valence-electron chi connectivity index (χ1n) is 6.38. The van der Waals surface area contributed by atoms with Crippen molar-refractivity contribution in [1.29, 1.82) is 0 Å². The Kier molecular flexibility index (Phi) is 3.64. The molecule has 3 nitrogen and oxygen atoms in total. The van der Waals surface area contributed by atoms with Gasteiger partial charge in [0.1, 0.15) is 0 Å². The number of likely N-dealkylation sites (tertiary alicyclic amines) is 1. The third-order valence-electron chi connectivity index (χ3n) is 3.84. The van der Waals surface area contributed by atoms with Crippen molar-refractivity contribution in [2.75, 3.05) is 26.2 Å². The van der Waals surface area contributed by atoms with Crippen molar-refractivity contribution >= 4 is 5.91 Å². The number of carbonyl (C=O) groups excluding carboxylic acids is 1. The third-order valence-corrected chi connectivity index (χ3v) is 3.84. The lowest BCUT2D eigenvalue weighted by Gasteiger charge is -2.45. The van der Waals surface area contributed by atoms with Gasteiger partial charge >= 0.3 is 0 Å². The summed E-state index contributed by atoms with van der Waals surface area (Å²) in [4.78, 5) is 13.9. The SMILES string of the molecule is C/C=C/C(=O)N1CCCC2(CCCNC2)C1. The van der Waals surface area contributed by atoms with Crippen LogP contribution in [0.1, 0.15) is 32.6 Å².